The number of aromatic nitrogens is 4. The van der Waals surface area contributed by atoms with Gasteiger partial charge in [0.15, 0.2) is 10.4 Å². The van der Waals surface area contributed by atoms with E-state index in [0.29, 0.717) is 10.4 Å². The van der Waals surface area contributed by atoms with E-state index in [4.69, 9.17) is 4.42 Å². The molecule has 0 fully saturated rings. The SMILES string of the molecule is O=C(NCc1cn(-c2ccncc2)nn1)c1ccc(Br)o1. The van der Waals surface area contributed by atoms with Crippen LogP contribution < -0.4 is 5.32 Å². The van der Waals surface area contributed by atoms with Gasteiger partial charge in [0.25, 0.3) is 5.91 Å². The fraction of sp³-hybridized carbons (Fsp3) is 0.0769. The average molecular weight is 348 g/mol. The van der Waals surface area contributed by atoms with Crippen molar-refractivity contribution in [1.82, 2.24) is 25.3 Å². The molecule has 7 nitrogen and oxygen atoms in total. The van der Waals surface area contributed by atoms with Gasteiger partial charge in [-0.25, -0.2) is 4.68 Å². The first-order chi connectivity index (χ1) is 10.2. The van der Waals surface area contributed by atoms with E-state index in [-0.39, 0.29) is 18.2 Å². The topological polar surface area (TPSA) is 85.8 Å². The fourth-order valence-electron chi connectivity index (χ4n) is 1.70. The zero-order valence-electron chi connectivity index (χ0n) is 10.7. The van der Waals surface area contributed by atoms with Crippen LogP contribution in [0.5, 0.6) is 0 Å². The van der Waals surface area contributed by atoms with Crippen LogP contribution in [0.4, 0.5) is 0 Å². The Morgan fingerprint density at radius 2 is 2.10 bits per heavy atom. The first-order valence-electron chi connectivity index (χ1n) is 6.07. The maximum Gasteiger partial charge on any atom is 0.287 e. The van der Waals surface area contributed by atoms with Gasteiger partial charge >= 0.3 is 0 Å². The predicted molar refractivity (Wildman–Crippen MR) is 76.7 cm³/mol. The Kier molecular flexibility index (Phi) is 3.78. The maximum absolute atomic E-state index is 11.8. The molecule has 21 heavy (non-hydrogen) atoms. The minimum absolute atomic E-state index is 0.239. The van der Waals surface area contributed by atoms with E-state index in [1.54, 1.807) is 35.4 Å². The van der Waals surface area contributed by atoms with Crippen molar-refractivity contribution in [3.05, 3.63) is 59.0 Å². The normalized spacial score (nSPS) is 10.5. The number of hydrogen-bond acceptors (Lipinski definition) is 5. The van der Waals surface area contributed by atoms with Crippen molar-refractivity contribution in [3.8, 4) is 5.69 Å². The van der Waals surface area contributed by atoms with Crippen LogP contribution in [-0.4, -0.2) is 25.9 Å². The molecule has 3 aromatic heterocycles. The molecule has 0 atom stereocenters. The minimum atomic E-state index is -0.306. The highest BCUT2D eigenvalue weighted by atomic mass is 79.9. The molecule has 1 N–H and O–H groups in total. The summed E-state index contributed by atoms with van der Waals surface area (Å²) in [7, 11) is 0. The molecule has 3 heterocycles. The number of furan rings is 1. The van der Waals surface area contributed by atoms with Crippen LogP contribution in [-0.2, 0) is 6.54 Å². The first-order valence-corrected chi connectivity index (χ1v) is 6.87. The zero-order valence-corrected chi connectivity index (χ0v) is 12.3. The van der Waals surface area contributed by atoms with Crippen LogP contribution in [0.3, 0.4) is 0 Å². The molecule has 0 aliphatic heterocycles. The van der Waals surface area contributed by atoms with E-state index in [0.717, 1.165) is 5.69 Å². The van der Waals surface area contributed by atoms with Gasteiger partial charge in [-0.05, 0) is 40.2 Å². The lowest BCUT2D eigenvalue weighted by molar-refractivity contribution is 0.0921. The molecule has 3 rings (SSSR count). The van der Waals surface area contributed by atoms with Crippen molar-refractivity contribution in [2.75, 3.05) is 0 Å². The number of hydrogen-bond donors (Lipinski definition) is 1. The van der Waals surface area contributed by atoms with E-state index < -0.39 is 0 Å². The fourth-order valence-corrected chi connectivity index (χ4v) is 2.00. The molecule has 0 unspecified atom stereocenters. The lowest BCUT2D eigenvalue weighted by atomic mass is 10.4. The quantitative estimate of drug-likeness (QED) is 0.779. The van der Waals surface area contributed by atoms with Gasteiger partial charge in [0.05, 0.1) is 18.4 Å². The van der Waals surface area contributed by atoms with E-state index in [1.165, 1.54) is 0 Å². The molecule has 0 aliphatic carbocycles. The summed E-state index contributed by atoms with van der Waals surface area (Å²) in [6.45, 7) is 0.266. The summed E-state index contributed by atoms with van der Waals surface area (Å²) >= 11 is 3.15. The number of carbonyl (C=O) groups excluding carboxylic acids is 1. The third-order valence-electron chi connectivity index (χ3n) is 2.70. The van der Waals surface area contributed by atoms with Gasteiger partial charge in [-0.3, -0.25) is 9.78 Å². The second kappa shape index (κ2) is 5.88. The van der Waals surface area contributed by atoms with Gasteiger partial charge in [0.2, 0.25) is 0 Å². The lowest BCUT2D eigenvalue weighted by Crippen LogP contribution is -2.22. The van der Waals surface area contributed by atoms with Gasteiger partial charge in [-0.2, -0.15) is 0 Å². The van der Waals surface area contributed by atoms with Crippen LogP contribution >= 0.6 is 15.9 Å². The molecule has 0 spiro atoms. The highest BCUT2D eigenvalue weighted by Gasteiger charge is 2.11. The summed E-state index contributed by atoms with van der Waals surface area (Å²) in [6, 6.07) is 6.89. The summed E-state index contributed by atoms with van der Waals surface area (Å²) in [5, 5.41) is 10.7. The molecular formula is C13H10BrN5O2. The largest absolute Gasteiger partial charge is 0.444 e. The Morgan fingerprint density at radius 1 is 1.29 bits per heavy atom. The Balaban J connectivity index is 1.64. The van der Waals surface area contributed by atoms with Gasteiger partial charge in [0, 0.05) is 12.4 Å². The predicted octanol–water partition coefficient (Wildman–Crippen LogP) is 1.95. The molecule has 8 heteroatoms. The maximum atomic E-state index is 11.8. The minimum Gasteiger partial charge on any atom is -0.444 e. The van der Waals surface area contributed by atoms with Gasteiger partial charge in [-0.15, -0.1) is 5.10 Å². The third-order valence-corrected chi connectivity index (χ3v) is 3.12. The Bertz CT molecular complexity index is 753. The number of carbonyl (C=O) groups is 1. The molecule has 106 valence electrons. The summed E-state index contributed by atoms with van der Waals surface area (Å²) in [5.74, 6) is -0.0671. The van der Waals surface area contributed by atoms with Crippen molar-refractivity contribution < 1.29 is 9.21 Å². The molecule has 0 radical (unpaired) electrons. The molecule has 1 amide bonds. The van der Waals surface area contributed by atoms with Crippen LogP contribution in [0, 0.1) is 0 Å². The van der Waals surface area contributed by atoms with E-state index >= 15 is 0 Å². The number of halogens is 1. The number of amides is 1. The van der Waals surface area contributed by atoms with E-state index in [1.807, 2.05) is 12.1 Å². The molecule has 0 saturated carbocycles. The lowest BCUT2D eigenvalue weighted by Gasteiger charge is -1.99. The smallest absolute Gasteiger partial charge is 0.287 e. The van der Waals surface area contributed by atoms with Crippen molar-refractivity contribution in [1.29, 1.82) is 0 Å². The Hall–Kier alpha value is -2.48. The van der Waals surface area contributed by atoms with Gasteiger partial charge < -0.3 is 9.73 Å². The second-order valence-corrected chi connectivity index (χ2v) is 4.93. The van der Waals surface area contributed by atoms with Gasteiger partial charge in [-0.1, -0.05) is 5.21 Å². The van der Waals surface area contributed by atoms with Crippen molar-refractivity contribution in [3.63, 3.8) is 0 Å². The monoisotopic (exact) mass is 347 g/mol. The van der Waals surface area contributed by atoms with E-state index in [9.17, 15) is 4.79 Å². The van der Waals surface area contributed by atoms with Crippen LogP contribution in [0.25, 0.3) is 5.69 Å². The first kappa shape index (κ1) is 13.5. The summed E-state index contributed by atoms with van der Waals surface area (Å²) < 4.78 is 7.29. The van der Waals surface area contributed by atoms with Crippen LogP contribution in [0.15, 0.2) is 51.9 Å². The Morgan fingerprint density at radius 3 is 2.81 bits per heavy atom. The van der Waals surface area contributed by atoms with Crippen LogP contribution in [0.2, 0.25) is 0 Å². The number of nitrogens with zero attached hydrogens (tertiary/aromatic N) is 4. The van der Waals surface area contributed by atoms with Crippen molar-refractivity contribution in [2.24, 2.45) is 0 Å². The third kappa shape index (κ3) is 3.16. The highest BCUT2D eigenvalue weighted by Crippen LogP contribution is 2.13. The number of pyridine rings is 1. The molecule has 3 aromatic rings. The number of rotatable bonds is 4. The summed E-state index contributed by atoms with van der Waals surface area (Å²) in [4.78, 5) is 15.8. The average Bonchev–Trinajstić information content (AvgIpc) is 3.15. The second-order valence-electron chi connectivity index (χ2n) is 4.15. The summed E-state index contributed by atoms with van der Waals surface area (Å²) in [5.41, 5.74) is 1.50. The van der Waals surface area contributed by atoms with Crippen molar-refractivity contribution in [2.45, 2.75) is 6.54 Å². The van der Waals surface area contributed by atoms with E-state index in [2.05, 4.69) is 36.5 Å². The molecule has 0 saturated heterocycles. The van der Waals surface area contributed by atoms with Crippen molar-refractivity contribution >= 4 is 21.8 Å². The number of nitrogens with one attached hydrogen (secondary N) is 1. The zero-order chi connectivity index (χ0) is 14.7. The highest BCUT2D eigenvalue weighted by molar-refractivity contribution is 9.10. The van der Waals surface area contributed by atoms with Crippen LogP contribution in [0.1, 0.15) is 16.2 Å². The molecular weight excluding hydrogens is 338 g/mol. The summed E-state index contributed by atoms with van der Waals surface area (Å²) in [6.07, 6.45) is 5.09. The van der Waals surface area contributed by atoms with Gasteiger partial charge in [0.1, 0.15) is 5.69 Å². The Labute approximate surface area is 128 Å². The standard InChI is InChI=1S/C13H10BrN5O2/c14-12-2-1-11(21-12)13(20)16-7-9-8-19(18-17-9)10-3-5-15-6-4-10/h1-6,8H,7H2,(H,16,20). The molecule has 0 aliphatic rings. The molecule has 0 aromatic carbocycles. The molecule has 0 bridgehead atoms.